The van der Waals surface area contributed by atoms with E-state index >= 15 is 0 Å². The molecule has 0 unspecified atom stereocenters. The lowest BCUT2D eigenvalue weighted by Gasteiger charge is -2.26. The molecule has 0 radical (unpaired) electrons. The Hall–Kier alpha value is -7.74. The predicted molar refractivity (Wildman–Crippen MR) is 253 cm³/mol. The number of hydrogen-bond acceptors (Lipinski definition) is 1. The van der Waals surface area contributed by atoms with Crippen molar-refractivity contribution < 1.29 is 0 Å². The number of benzene rings is 11. The quantitative estimate of drug-likeness (QED) is 0.147. The van der Waals surface area contributed by atoms with E-state index in [1.807, 2.05) is 0 Å². The molecule has 11 aromatic carbocycles. The summed E-state index contributed by atoms with van der Waals surface area (Å²) in [5.74, 6) is 0. The van der Waals surface area contributed by atoms with E-state index in [0.29, 0.717) is 0 Å². The van der Waals surface area contributed by atoms with Crippen LogP contribution in [0.2, 0.25) is 0 Å². The van der Waals surface area contributed by atoms with Gasteiger partial charge in [0.25, 0.3) is 0 Å². The summed E-state index contributed by atoms with van der Waals surface area (Å²) in [5.41, 5.74) is 13.0. The molecule has 0 atom stereocenters. The fourth-order valence-corrected chi connectivity index (χ4v) is 9.00. The van der Waals surface area contributed by atoms with Crippen LogP contribution in [0.1, 0.15) is 0 Å². The van der Waals surface area contributed by atoms with Crippen molar-refractivity contribution in [2.24, 2.45) is 0 Å². The van der Waals surface area contributed by atoms with Gasteiger partial charge in [-0.3, -0.25) is 0 Å². The van der Waals surface area contributed by atoms with E-state index in [2.05, 4.69) is 241 Å². The molecule has 0 aliphatic heterocycles. The Morgan fingerprint density at radius 3 is 1.29 bits per heavy atom. The van der Waals surface area contributed by atoms with Crippen LogP contribution in [0.5, 0.6) is 0 Å². The van der Waals surface area contributed by atoms with Gasteiger partial charge in [-0.2, -0.15) is 0 Å². The van der Waals surface area contributed by atoms with Crippen LogP contribution in [0, 0.1) is 0 Å². The molecule has 0 heterocycles. The second-order valence-electron chi connectivity index (χ2n) is 15.3. The van der Waals surface area contributed by atoms with Gasteiger partial charge in [0.15, 0.2) is 0 Å². The molecule has 1 heteroatoms. The summed E-state index contributed by atoms with van der Waals surface area (Å²) in [6, 6.07) is 86.1. The van der Waals surface area contributed by atoms with Crippen LogP contribution in [0.15, 0.2) is 237 Å². The average Bonchev–Trinajstić information content (AvgIpc) is 3.32. The Morgan fingerprint density at radius 1 is 0.203 bits per heavy atom. The van der Waals surface area contributed by atoms with Crippen LogP contribution in [-0.2, 0) is 0 Å². The zero-order valence-electron chi connectivity index (χ0n) is 32.5. The zero-order valence-corrected chi connectivity index (χ0v) is 32.5. The maximum atomic E-state index is 2.39. The number of rotatable bonds is 7. The minimum Gasteiger partial charge on any atom is -0.310 e. The third-order valence-corrected chi connectivity index (χ3v) is 11.9. The summed E-state index contributed by atoms with van der Waals surface area (Å²) >= 11 is 0. The van der Waals surface area contributed by atoms with Crippen LogP contribution in [-0.4, -0.2) is 0 Å². The molecular weight excluding hydrogens is 711 g/mol. The van der Waals surface area contributed by atoms with Crippen LogP contribution in [0.3, 0.4) is 0 Å². The van der Waals surface area contributed by atoms with Gasteiger partial charge in [-0.05, 0) is 130 Å². The first kappa shape index (κ1) is 34.5. The minimum absolute atomic E-state index is 1.10. The number of fused-ring (bicyclic) bond motifs is 6. The highest BCUT2D eigenvalue weighted by Crippen LogP contribution is 2.42. The van der Waals surface area contributed by atoms with Crippen molar-refractivity contribution in [2.45, 2.75) is 0 Å². The largest absolute Gasteiger partial charge is 0.310 e. The molecule has 11 rings (SSSR count). The first-order chi connectivity index (χ1) is 29.3. The SMILES string of the molecule is c1ccc(-c2cccc(N(c3ccc(-c4ccc(-c5ccccc5)c5ccccc45)cc3)c3ccc(-c4cc5c6ccccc6ccc5c5ccccc45)cc3)c2)cc1. The van der Waals surface area contributed by atoms with Gasteiger partial charge in [0.2, 0.25) is 0 Å². The van der Waals surface area contributed by atoms with E-state index in [0.717, 1.165) is 17.1 Å². The van der Waals surface area contributed by atoms with Crippen molar-refractivity contribution in [1.29, 1.82) is 0 Å². The molecule has 0 fully saturated rings. The van der Waals surface area contributed by atoms with Gasteiger partial charge in [-0.1, -0.05) is 194 Å². The monoisotopic (exact) mass is 749 g/mol. The number of anilines is 3. The molecule has 1 nitrogen and oxygen atoms in total. The fourth-order valence-electron chi connectivity index (χ4n) is 9.00. The van der Waals surface area contributed by atoms with Gasteiger partial charge < -0.3 is 4.90 Å². The lowest BCUT2D eigenvalue weighted by Crippen LogP contribution is -2.10. The van der Waals surface area contributed by atoms with Crippen molar-refractivity contribution in [3.63, 3.8) is 0 Å². The molecular formula is C58H39N. The van der Waals surface area contributed by atoms with Crippen LogP contribution >= 0.6 is 0 Å². The zero-order chi connectivity index (χ0) is 39.1. The maximum Gasteiger partial charge on any atom is 0.0467 e. The number of hydrogen-bond donors (Lipinski definition) is 0. The summed E-state index contributed by atoms with van der Waals surface area (Å²) < 4.78 is 0. The lowest BCUT2D eigenvalue weighted by molar-refractivity contribution is 1.28. The highest BCUT2D eigenvalue weighted by Gasteiger charge is 2.17. The molecule has 0 aromatic heterocycles. The second-order valence-corrected chi connectivity index (χ2v) is 15.3. The molecule has 0 bridgehead atoms. The van der Waals surface area contributed by atoms with E-state index in [1.54, 1.807) is 0 Å². The van der Waals surface area contributed by atoms with E-state index in [4.69, 9.17) is 0 Å². The minimum atomic E-state index is 1.10. The van der Waals surface area contributed by atoms with Crippen LogP contribution < -0.4 is 4.90 Å². The highest BCUT2D eigenvalue weighted by molar-refractivity contribution is 6.21. The maximum absolute atomic E-state index is 2.39. The van der Waals surface area contributed by atoms with Gasteiger partial charge >= 0.3 is 0 Å². The summed E-state index contributed by atoms with van der Waals surface area (Å²) in [7, 11) is 0. The van der Waals surface area contributed by atoms with Crippen molar-refractivity contribution in [3.05, 3.63) is 237 Å². The molecule has 0 aliphatic rings. The molecule has 276 valence electrons. The Labute approximate surface area is 344 Å². The average molecular weight is 750 g/mol. The van der Waals surface area contributed by atoms with Crippen molar-refractivity contribution >= 4 is 60.2 Å². The van der Waals surface area contributed by atoms with Gasteiger partial charge in [0.05, 0.1) is 0 Å². The Balaban J connectivity index is 1.03. The third kappa shape index (κ3) is 6.21. The van der Waals surface area contributed by atoms with Gasteiger partial charge in [-0.25, -0.2) is 0 Å². The molecule has 0 saturated carbocycles. The summed E-state index contributed by atoms with van der Waals surface area (Å²) in [4.78, 5) is 2.38. The first-order valence-corrected chi connectivity index (χ1v) is 20.3. The predicted octanol–water partition coefficient (Wildman–Crippen LogP) is 16.4. The topological polar surface area (TPSA) is 3.24 Å². The Morgan fingerprint density at radius 2 is 0.661 bits per heavy atom. The normalized spacial score (nSPS) is 11.4. The van der Waals surface area contributed by atoms with E-state index in [1.165, 1.54) is 87.6 Å². The van der Waals surface area contributed by atoms with Gasteiger partial charge in [0.1, 0.15) is 0 Å². The molecule has 0 saturated heterocycles. The molecule has 0 amide bonds. The van der Waals surface area contributed by atoms with E-state index < -0.39 is 0 Å². The molecule has 0 spiro atoms. The van der Waals surface area contributed by atoms with Crippen molar-refractivity contribution in [2.75, 3.05) is 4.90 Å². The summed E-state index contributed by atoms with van der Waals surface area (Å²) in [6.07, 6.45) is 0. The number of nitrogens with zero attached hydrogens (tertiary/aromatic N) is 1. The third-order valence-electron chi connectivity index (χ3n) is 11.9. The van der Waals surface area contributed by atoms with Crippen molar-refractivity contribution in [1.82, 2.24) is 0 Å². The smallest absolute Gasteiger partial charge is 0.0467 e. The Kier molecular flexibility index (Phi) is 8.56. The highest BCUT2D eigenvalue weighted by atomic mass is 15.1. The van der Waals surface area contributed by atoms with E-state index in [-0.39, 0.29) is 0 Å². The Bertz CT molecular complexity index is 3290. The lowest BCUT2D eigenvalue weighted by atomic mass is 9.91. The standard InChI is InChI=1S/C58H39N/c1-3-14-40(15-4-1)45-19-13-20-48(38-45)59(46-31-26-43(27-32-46)51-37-36-50(41-16-5-2-6-17-41)52-22-9-10-23-53(51)52)47-33-28-44(29-34-47)57-39-58-49-21-8-7-18-42(49)30-35-56(58)54-24-11-12-25-55(54)57/h1-39H. The first-order valence-electron chi connectivity index (χ1n) is 20.3. The summed E-state index contributed by atoms with van der Waals surface area (Å²) in [6.45, 7) is 0. The van der Waals surface area contributed by atoms with E-state index in [9.17, 15) is 0 Å². The van der Waals surface area contributed by atoms with Crippen LogP contribution in [0.4, 0.5) is 17.1 Å². The van der Waals surface area contributed by atoms with Gasteiger partial charge in [0, 0.05) is 17.1 Å². The fraction of sp³-hybridized carbons (Fsp3) is 0. The second kappa shape index (κ2) is 14.6. The van der Waals surface area contributed by atoms with Crippen LogP contribution in [0.25, 0.3) is 87.6 Å². The summed E-state index contributed by atoms with van der Waals surface area (Å²) in [5, 5.41) is 10.1. The molecule has 11 aromatic rings. The molecule has 0 aliphatic carbocycles. The molecule has 59 heavy (non-hydrogen) atoms. The van der Waals surface area contributed by atoms with Crippen molar-refractivity contribution in [3.8, 4) is 44.5 Å². The van der Waals surface area contributed by atoms with Gasteiger partial charge in [-0.15, -0.1) is 0 Å². The molecule has 0 N–H and O–H groups in total.